The summed E-state index contributed by atoms with van der Waals surface area (Å²) in [4.78, 5) is 20.6. The van der Waals surface area contributed by atoms with E-state index in [-0.39, 0.29) is 19.0 Å². The van der Waals surface area contributed by atoms with Crippen LogP contribution in [0.25, 0.3) is 22.3 Å². The number of benzene rings is 1. The molecule has 108 valence electrons. The highest BCUT2D eigenvalue weighted by Crippen LogP contribution is 2.25. The Labute approximate surface area is 120 Å². The van der Waals surface area contributed by atoms with Gasteiger partial charge < -0.3 is 19.5 Å². The van der Waals surface area contributed by atoms with Gasteiger partial charge in [-0.1, -0.05) is 17.3 Å². The van der Waals surface area contributed by atoms with E-state index >= 15 is 0 Å². The minimum Gasteiger partial charge on any atom is -0.395 e. The predicted molar refractivity (Wildman–Crippen MR) is 75.6 cm³/mol. The number of aliphatic hydroxyl groups is 1. The molecule has 3 rings (SSSR count). The molecule has 0 aliphatic rings. The van der Waals surface area contributed by atoms with Crippen molar-refractivity contribution < 1.29 is 14.4 Å². The number of nitrogens with zero attached hydrogens (tertiary/aromatic N) is 3. The molecule has 0 bridgehead atoms. The van der Waals surface area contributed by atoms with Crippen LogP contribution in [-0.4, -0.2) is 51.2 Å². The van der Waals surface area contributed by atoms with Gasteiger partial charge in [0.05, 0.1) is 6.61 Å². The molecular weight excluding hydrogens is 272 g/mol. The first-order chi connectivity index (χ1) is 10.2. The molecule has 0 saturated carbocycles. The number of carbonyl (C=O) groups is 1. The Kier molecular flexibility index (Phi) is 3.41. The summed E-state index contributed by atoms with van der Waals surface area (Å²) in [5.74, 6) is -0.140. The quantitative estimate of drug-likeness (QED) is 0.753. The number of nitrogens with one attached hydrogen (secondary N) is 1. The van der Waals surface area contributed by atoms with E-state index in [1.165, 1.54) is 4.90 Å². The Balaban J connectivity index is 1.95. The lowest BCUT2D eigenvalue weighted by molar-refractivity contribution is 0.0718. The number of hydrogen-bond donors (Lipinski definition) is 2. The van der Waals surface area contributed by atoms with Crippen LogP contribution in [0.1, 0.15) is 10.7 Å². The first-order valence-electron chi connectivity index (χ1n) is 6.47. The van der Waals surface area contributed by atoms with Gasteiger partial charge in [-0.05, 0) is 12.1 Å². The fraction of sp³-hybridized carbons (Fsp3) is 0.214. The van der Waals surface area contributed by atoms with Gasteiger partial charge in [-0.3, -0.25) is 4.79 Å². The van der Waals surface area contributed by atoms with E-state index in [2.05, 4.69) is 15.1 Å². The standard InChI is InChI=1S/C14H14N4O3/c1-18(7-8-19)14(20)13-16-12(17-21-13)10-3-2-4-11-9(10)5-6-15-11/h2-6,15,19H,7-8H2,1H3. The number of aliphatic hydroxyl groups excluding tert-OH is 1. The molecule has 21 heavy (non-hydrogen) atoms. The van der Waals surface area contributed by atoms with E-state index in [0.717, 1.165) is 16.5 Å². The van der Waals surface area contributed by atoms with Crippen molar-refractivity contribution in [1.82, 2.24) is 20.0 Å². The van der Waals surface area contributed by atoms with E-state index < -0.39 is 5.91 Å². The SMILES string of the molecule is CN(CCO)C(=O)c1nc(-c2cccc3[nH]ccc23)no1. The molecule has 0 aliphatic carbocycles. The van der Waals surface area contributed by atoms with Crippen LogP contribution in [0.2, 0.25) is 0 Å². The number of likely N-dealkylation sites (N-methyl/N-ethyl adjacent to an activating group) is 1. The molecule has 2 aromatic heterocycles. The van der Waals surface area contributed by atoms with Crippen molar-refractivity contribution in [3.8, 4) is 11.4 Å². The molecule has 7 nitrogen and oxygen atoms in total. The number of aromatic nitrogens is 3. The van der Waals surface area contributed by atoms with Crippen LogP contribution >= 0.6 is 0 Å². The summed E-state index contributed by atoms with van der Waals surface area (Å²) >= 11 is 0. The van der Waals surface area contributed by atoms with Crippen LogP contribution in [0.4, 0.5) is 0 Å². The highest BCUT2D eigenvalue weighted by molar-refractivity contribution is 5.94. The van der Waals surface area contributed by atoms with E-state index in [9.17, 15) is 4.79 Å². The largest absolute Gasteiger partial charge is 0.395 e. The lowest BCUT2D eigenvalue weighted by atomic mass is 10.1. The third kappa shape index (κ3) is 2.38. The number of aromatic amines is 1. The smallest absolute Gasteiger partial charge is 0.316 e. The summed E-state index contributed by atoms with van der Waals surface area (Å²) in [5, 5.41) is 13.7. The number of carbonyl (C=O) groups excluding carboxylic acids is 1. The minimum absolute atomic E-state index is 0.0894. The van der Waals surface area contributed by atoms with Crippen molar-refractivity contribution in [2.75, 3.05) is 20.2 Å². The van der Waals surface area contributed by atoms with Gasteiger partial charge in [-0.15, -0.1) is 0 Å². The molecule has 0 spiro atoms. The molecule has 1 amide bonds. The molecule has 3 aromatic rings. The van der Waals surface area contributed by atoms with E-state index in [4.69, 9.17) is 9.63 Å². The molecule has 0 radical (unpaired) electrons. The van der Waals surface area contributed by atoms with Gasteiger partial charge in [-0.2, -0.15) is 4.98 Å². The Morgan fingerprint density at radius 1 is 1.43 bits per heavy atom. The maximum absolute atomic E-state index is 12.0. The van der Waals surface area contributed by atoms with Crippen molar-refractivity contribution in [2.24, 2.45) is 0 Å². The van der Waals surface area contributed by atoms with E-state index in [0.29, 0.717) is 5.82 Å². The van der Waals surface area contributed by atoms with Crippen LogP contribution in [0.5, 0.6) is 0 Å². The first kappa shape index (κ1) is 13.3. The first-order valence-corrected chi connectivity index (χ1v) is 6.47. The lowest BCUT2D eigenvalue weighted by Crippen LogP contribution is -2.29. The molecule has 0 saturated heterocycles. The van der Waals surface area contributed by atoms with E-state index in [1.54, 1.807) is 7.05 Å². The second-order valence-corrected chi connectivity index (χ2v) is 4.62. The van der Waals surface area contributed by atoms with Crippen molar-refractivity contribution in [2.45, 2.75) is 0 Å². The van der Waals surface area contributed by atoms with Gasteiger partial charge in [0.25, 0.3) is 0 Å². The van der Waals surface area contributed by atoms with Crippen molar-refractivity contribution in [3.63, 3.8) is 0 Å². The van der Waals surface area contributed by atoms with Gasteiger partial charge in [0, 0.05) is 36.3 Å². The van der Waals surface area contributed by atoms with Crippen LogP contribution in [0, 0.1) is 0 Å². The number of H-pyrrole nitrogens is 1. The highest BCUT2D eigenvalue weighted by atomic mass is 16.5. The Hall–Kier alpha value is -2.67. The molecule has 2 N–H and O–H groups in total. The molecule has 0 unspecified atom stereocenters. The third-order valence-corrected chi connectivity index (χ3v) is 3.23. The summed E-state index contributed by atoms with van der Waals surface area (Å²) in [6.45, 7) is 0.0931. The molecule has 0 fully saturated rings. The Bertz CT molecular complexity index is 777. The maximum Gasteiger partial charge on any atom is 0.316 e. The second-order valence-electron chi connectivity index (χ2n) is 4.62. The summed E-state index contributed by atoms with van der Waals surface area (Å²) in [5.41, 5.74) is 1.75. The number of fused-ring (bicyclic) bond motifs is 1. The van der Waals surface area contributed by atoms with Crippen LogP contribution in [-0.2, 0) is 0 Å². The molecule has 1 aromatic carbocycles. The van der Waals surface area contributed by atoms with Crippen molar-refractivity contribution in [1.29, 1.82) is 0 Å². The number of amides is 1. The summed E-state index contributed by atoms with van der Waals surface area (Å²) in [7, 11) is 1.56. The van der Waals surface area contributed by atoms with Gasteiger partial charge in [0.15, 0.2) is 0 Å². The molecule has 7 heteroatoms. The Morgan fingerprint density at radius 3 is 3.10 bits per heavy atom. The fourth-order valence-corrected chi connectivity index (χ4v) is 2.11. The molecule has 0 aliphatic heterocycles. The van der Waals surface area contributed by atoms with Gasteiger partial charge in [0.1, 0.15) is 0 Å². The highest BCUT2D eigenvalue weighted by Gasteiger charge is 2.20. The zero-order chi connectivity index (χ0) is 14.8. The summed E-state index contributed by atoms with van der Waals surface area (Å²) < 4.78 is 5.03. The summed E-state index contributed by atoms with van der Waals surface area (Å²) in [6, 6.07) is 7.61. The van der Waals surface area contributed by atoms with E-state index in [1.807, 2.05) is 30.5 Å². The number of rotatable bonds is 4. The van der Waals surface area contributed by atoms with Crippen LogP contribution in [0.3, 0.4) is 0 Å². The summed E-state index contributed by atoms with van der Waals surface area (Å²) in [6.07, 6.45) is 1.83. The predicted octanol–water partition coefficient (Wildman–Crippen LogP) is 1.28. The zero-order valence-electron chi connectivity index (χ0n) is 11.4. The normalized spacial score (nSPS) is 11.0. The second kappa shape index (κ2) is 5.37. The topological polar surface area (TPSA) is 95.2 Å². The lowest BCUT2D eigenvalue weighted by Gasteiger charge is -2.11. The maximum atomic E-state index is 12.0. The zero-order valence-corrected chi connectivity index (χ0v) is 11.4. The van der Waals surface area contributed by atoms with Crippen molar-refractivity contribution in [3.05, 3.63) is 36.4 Å². The monoisotopic (exact) mass is 286 g/mol. The molecule has 2 heterocycles. The van der Waals surface area contributed by atoms with Crippen LogP contribution in [0.15, 0.2) is 35.0 Å². The fourth-order valence-electron chi connectivity index (χ4n) is 2.11. The minimum atomic E-state index is -0.413. The third-order valence-electron chi connectivity index (χ3n) is 3.23. The van der Waals surface area contributed by atoms with Crippen molar-refractivity contribution >= 4 is 16.8 Å². The van der Waals surface area contributed by atoms with Gasteiger partial charge in [0.2, 0.25) is 5.82 Å². The van der Waals surface area contributed by atoms with Gasteiger partial charge in [-0.25, -0.2) is 0 Å². The molecule has 0 atom stereocenters. The van der Waals surface area contributed by atoms with Gasteiger partial charge >= 0.3 is 11.8 Å². The Morgan fingerprint density at radius 2 is 2.29 bits per heavy atom. The van der Waals surface area contributed by atoms with Crippen LogP contribution < -0.4 is 0 Å². The molecular formula is C14H14N4O3. The average Bonchev–Trinajstić information content (AvgIpc) is 3.15. The number of hydrogen-bond acceptors (Lipinski definition) is 5. The average molecular weight is 286 g/mol.